The van der Waals surface area contributed by atoms with Crippen LogP contribution in [0.1, 0.15) is 25.0 Å². The van der Waals surface area contributed by atoms with E-state index in [9.17, 15) is 0 Å². The van der Waals surface area contributed by atoms with Crippen molar-refractivity contribution in [2.75, 3.05) is 9.80 Å². The lowest BCUT2D eigenvalue weighted by Gasteiger charge is -2.31. The van der Waals surface area contributed by atoms with Crippen molar-refractivity contribution >= 4 is 129 Å². The number of fused-ring (bicyclic) bond motifs is 6. The predicted octanol–water partition coefficient (Wildman–Crippen LogP) is 20.7. The zero-order valence-electron chi connectivity index (χ0n) is 40.1. The number of anilines is 6. The highest BCUT2D eigenvalue weighted by atomic mass is 32.1. The molecular weight excluding hydrogens is 909 g/mol. The Morgan fingerprint density at radius 1 is 0.306 bits per heavy atom. The fourth-order valence-corrected chi connectivity index (χ4v) is 14.1. The molecule has 0 aliphatic heterocycles. The summed E-state index contributed by atoms with van der Waals surface area (Å²) in [6.45, 7) is 4.61. The van der Waals surface area contributed by atoms with Crippen molar-refractivity contribution in [1.29, 1.82) is 0 Å². The first-order valence-corrected chi connectivity index (χ1v) is 26.7. The molecule has 0 atom stereocenters. The second-order valence-electron chi connectivity index (χ2n) is 18.9. The summed E-state index contributed by atoms with van der Waals surface area (Å²) in [5.41, 5.74) is 14.5. The van der Waals surface area contributed by atoms with Crippen molar-refractivity contribution in [1.82, 2.24) is 0 Å². The Kier molecular flexibility index (Phi) is 10.2. The average Bonchev–Trinajstić information content (AvgIpc) is 4.03. The van der Waals surface area contributed by atoms with E-state index in [1.165, 1.54) is 117 Å². The molecule has 0 amide bonds. The number of rotatable bonds is 10. The molecule has 14 aromatic rings. The van der Waals surface area contributed by atoms with E-state index in [1.54, 1.807) is 0 Å². The van der Waals surface area contributed by atoms with E-state index in [0.29, 0.717) is 0 Å². The fourth-order valence-electron chi connectivity index (χ4n) is 11.6. The van der Waals surface area contributed by atoms with Gasteiger partial charge in [-0.2, -0.15) is 0 Å². The lowest BCUT2D eigenvalue weighted by Crippen LogP contribution is -2.12. The molecule has 0 spiro atoms. The van der Waals surface area contributed by atoms with Crippen LogP contribution in [-0.2, 0) is 12.8 Å². The highest BCUT2D eigenvalue weighted by Gasteiger charge is 2.25. The summed E-state index contributed by atoms with van der Waals surface area (Å²) in [5, 5.41) is 13.0. The monoisotopic (exact) mass is 956 g/mol. The third-order valence-electron chi connectivity index (χ3n) is 14.9. The molecule has 0 bridgehead atoms. The molecule has 0 aliphatic carbocycles. The van der Waals surface area contributed by atoms with Crippen LogP contribution in [0.3, 0.4) is 0 Å². The first-order chi connectivity index (χ1) is 35.6. The van der Waals surface area contributed by atoms with E-state index in [1.807, 2.05) is 22.7 Å². The summed E-state index contributed by atoms with van der Waals surface area (Å²) in [5.74, 6) is 0. The Labute approximate surface area is 427 Å². The molecule has 14 rings (SSSR count). The van der Waals surface area contributed by atoms with Gasteiger partial charge in [-0.15, -0.1) is 22.7 Å². The number of hydrogen-bond donors (Lipinski definition) is 0. The Balaban J connectivity index is 0.990. The SMILES string of the molecule is CCc1cc(N(c2ccccc2)c2cccc(-c3cccc4c3sc3ccccc34)c2)c2ccc3c(CC)cc(N(c4ccccc4)c4cccc(-c5cccc6c5sc5ccccc56)c4)c4ccc1c2c34. The van der Waals surface area contributed by atoms with Gasteiger partial charge < -0.3 is 9.80 Å². The zero-order chi connectivity index (χ0) is 47.9. The minimum Gasteiger partial charge on any atom is -0.310 e. The first-order valence-electron chi connectivity index (χ1n) is 25.1. The van der Waals surface area contributed by atoms with Crippen LogP contribution in [0.25, 0.3) is 94.9 Å². The van der Waals surface area contributed by atoms with Crippen molar-refractivity contribution in [3.05, 3.63) is 242 Å². The quantitative estimate of drug-likeness (QED) is 0.126. The highest BCUT2D eigenvalue weighted by molar-refractivity contribution is 7.26. The van der Waals surface area contributed by atoms with E-state index in [4.69, 9.17) is 0 Å². The molecule has 0 saturated heterocycles. The van der Waals surface area contributed by atoms with Crippen molar-refractivity contribution in [2.45, 2.75) is 26.7 Å². The van der Waals surface area contributed by atoms with Gasteiger partial charge in [-0.1, -0.05) is 172 Å². The second kappa shape index (κ2) is 17.2. The number of nitrogens with zero attached hydrogens (tertiary/aromatic N) is 2. The average molecular weight is 957 g/mol. The van der Waals surface area contributed by atoms with E-state index in [-0.39, 0.29) is 0 Å². The number of benzene rings is 12. The third-order valence-corrected chi connectivity index (χ3v) is 17.4. The molecule has 4 heteroatoms. The molecule has 72 heavy (non-hydrogen) atoms. The van der Waals surface area contributed by atoms with Gasteiger partial charge in [0.05, 0.1) is 11.4 Å². The van der Waals surface area contributed by atoms with Crippen LogP contribution >= 0.6 is 22.7 Å². The molecule has 12 aromatic carbocycles. The van der Waals surface area contributed by atoms with Gasteiger partial charge >= 0.3 is 0 Å². The number of aryl methyl sites for hydroxylation is 2. The van der Waals surface area contributed by atoms with Crippen molar-refractivity contribution in [3.8, 4) is 22.3 Å². The van der Waals surface area contributed by atoms with Gasteiger partial charge in [0.2, 0.25) is 0 Å². The predicted molar refractivity (Wildman–Crippen MR) is 315 cm³/mol. The van der Waals surface area contributed by atoms with Gasteiger partial charge in [0.1, 0.15) is 0 Å². The lowest BCUT2D eigenvalue weighted by molar-refractivity contribution is 1.15. The standard InChI is InChI=1S/C68H48N2S2/c1-3-43-41-61(69(47-21-7-5-8-22-47)49-25-15-19-45(39-49)53-29-17-31-57-55-27-11-13-33-63(55)71-67(53)57)59-38-36-52-44(4-2)42-62(60-37-35-51(43)65(59)66(52)60)70(48-23-9-6-10-24-48)50-26-16-20-46(40-50)54-30-18-32-58-56-28-12-14-34-64(56)72-68(54)58/h5-42H,3-4H2,1-2H3. The van der Waals surface area contributed by atoms with Crippen LogP contribution in [0.5, 0.6) is 0 Å². The summed E-state index contributed by atoms with van der Waals surface area (Å²) in [4.78, 5) is 5.00. The molecular formula is C68H48N2S2. The first kappa shape index (κ1) is 42.6. The van der Waals surface area contributed by atoms with Gasteiger partial charge in [-0.05, 0) is 141 Å². The van der Waals surface area contributed by atoms with Crippen LogP contribution in [0.2, 0.25) is 0 Å². The smallest absolute Gasteiger partial charge is 0.0543 e. The minimum atomic E-state index is 0.904. The number of thiophene rings is 2. The Bertz CT molecular complexity index is 4090. The van der Waals surface area contributed by atoms with Crippen LogP contribution in [0.4, 0.5) is 34.1 Å². The normalized spacial score (nSPS) is 11.9. The molecule has 0 radical (unpaired) electrons. The number of hydrogen-bond acceptors (Lipinski definition) is 4. The van der Waals surface area contributed by atoms with Gasteiger partial charge in [-0.3, -0.25) is 0 Å². The maximum Gasteiger partial charge on any atom is 0.0543 e. The lowest BCUT2D eigenvalue weighted by atomic mass is 9.86. The molecule has 2 aromatic heterocycles. The van der Waals surface area contributed by atoms with Gasteiger partial charge in [-0.25, -0.2) is 0 Å². The highest BCUT2D eigenvalue weighted by Crippen LogP contribution is 2.51. The van der Waals surface area contributed by atoms with Crippen LogP contribution < -0.4 is 9.80 Å². The molecule has 342 valence electrons. The van der Waals surface area contributed by atoms with Crippen molar-refractivity contribution < 1.29 is 0 Å². The van der Waals surface area contributed by atoms with E-state index < -0.39 is 0 Å². The zero-order valence-corrected chi connectivity index (χ0v) is 41.7. The molecule has 2 heterocycles. The molecule has 0 saturated carbocycles. The summed E-state index contributed by atoms with van der Waals surface area (Å²) >= 11 is 3.78. The molecule has 0 aliphatic rings. The van der Waals surface area contributed by atoms with Crippen LogP contribution in [0.15, 0.2) is 231 Å². The second-order valence-corrected chi connectivity index (χ2v) is 21.0. The van der Waals surface area contributed by atoms with Gasteiger partial charge in [0, 0.05) is 73.9 Å². The summed E-state index contributed by atoms with van der Waals surface area (Å²) in [7, 11) is 0. The summed E-state index contributed by atoms with van der Waals surface area (Å²) in [6, 6.07) is 86.0. The summed E-state index contributed by atoms with van der Waals surface area (Å²) < 4.78 is 5.29. The largest absolute Gasteiger partial charge is 0.310 e. The van der Waals surface area contributed by atoms with E-state index >= 15 is 0 Å². The topological polar surface area (TPSA) is 6.48 Å². The summed E-state index contributed by atoms with van der Waals surface area (Å²) in [6.07, 6.45) is 1.81. The Morgan fingerprint density at radius 3 is 1.12 bits per heavy atom. The van der Waals surface area contributed by atoms with Crippen LogP contribution in [-0.4, -0.2) is 0 Å². The van der Waals surface area contributed by atoms with Crippen molar-refractivity contribution in [3.63, 3.8) is 0 Å². The van der Waals surface area contributed by atoms with E-state index in [2.05, 4.69) is 254 Å². The molecule has 0 fully saturated rings. The Hall–Kier alpha value is -8.28. The maximum atomic E-state index is 2.50. The number of para-hydroxylation sites is 2. The maximum absolute atomic E-state index is 2.50. The van der Waals surface area contributed by atoms with Gasteiger partial charge in [0.15, 0.2) is 0 Å². The molecule has 2 nitrogen and oxygen atoms in total. The van der Waals surface area contributed by atoms with E-state index in [0.717, 1.165) is 35.6 Å². The Morgan fingerprint density at radius 2 is 0.681 bits per heavy atom. The minimum absolute atomic E-state index is 0.904. The molecule has 0 N–H and O–H groups in total. The van der Waals surface area contributed by atoms with Crippen molar-refractivity contribution in [2.24, 2.45) is 0 Å². The fraction of sp³-hybridized carbons (Fsp3) is 0.0588. The van der Waals surface area contributed by atoms with Gasteiger partial charge in [0.25, 0.3) is 0 Å². The van der Waals surface area contributed by atoms with Crippen LogP contribution in [0, 0.1) is 0 Å². The molecule has 0 unspecified atom stereocenters. The third kappa shape index (κ3) is 6.74.